The smallest absolute Gasteiger partial charge is 0.405 e. The molecule has 0 spiro atoms. The third-order valence-electron chi connectivity index (χ3n) is 3.37. The Morgan fingerprint density at radius 2 is 1.50 bits per heavy atom. The van der Waals surface area contributed by atoms with Crippen LogP contribution in [-0.2, 0) is 4.79 Å². The van der Waals surface area contributed by atoms with E-state index < -0.39 is 30.5 Å². The molecular weight excluding hydrogens is 354 g/mol. The second-order valence-corrected chi connectivity index (χ2v) is 5.45. The minimum absolute atomic E-state index is 0.218. The second-order valence-electron chi connectivity index (χ2n) is 5.45. The first kappa shape index (κ1) is 19.4. The molecule has 0 heterocycles. The van der Waals surface area contributed by atoms with Crippen LogP contribution in [0.3, 0.4) is 0 Å². The zero-order valence-corrected chi connectivity index (χ0v) is 13.6. The summed E-state index contributed by atoms with van der Waals surface area (Å²) in [6.07, 6.45) is -5.64. The summed E-state index contributed by atoms with van der Waals surface area (Å²) in [7, 11) is 0. The molecular formula is C18H15F4NO3. The monoisotopic (exact) mass is 369 g/mol. The number of ether oxygens (including phenoxy) is 1. The average molecular weight is 369 g/mol. The Balaban J connectivity index is 1.97. The van der Waals surface area contributed by atoms with Gasteiger partial charge in [-0.15, -0.1) is 0 Å². The summed E-state index contributed by atoms with van der Waals surface area (Å²) in [5.41, 5.74) is 0.623. The summed E-state index contributed by atoms with van der Waals surface area (Å²) >= 11 is 0. The average Bonchev–Trinajstić information content (AvgIpc) is 2.59. The quantitative estimate of drug-likeness (QED) is 0.626. The Labute approximate surface area is 146 Å². The molecule has 0 fully saturated rings. The molecule has 0 saturated carbocycles. The lowest BCUT2D eigenvalue weighted by Gasteiger charge is -2.15. The number of carbonyl (C=O) groups is 2. The first-order chi connectivity index (χ1) is 12.2. The first-order valence-electron chi connectivity index (χ1n) is 7.57. The van der Waals surface area contributed by atoms with Gasteiger partial charge in [-0.25, -0.2) is 4.39 Å². The largest absolute Gasteiger partial charge is 0.481 e. The van der Waals surface area contributed by atoms with E-state index in [1.165, 1.54) is 55.5 Å². The predicted molar refractivity (Wildman–Crippen MR) is 85.4 cm³/mol. The van der Waals surface area contributed by atoms with E-state index in [0.717, 1.165) is 0 Å². The zero-order chi connectivity index (χ0) is 19.3. The molecule has 0 aromatic heterocycles. The molecule has 2 aromatic rings. The third-order valence-corrected chi connectivity index (χ3v) is 3.37. The van der Waals surface area contributed by atoms with Crippen molar-refractivity contribution in [1.29, 1.82) is 0 Å². The number of nitrogens with one attached hydrogen (secondary N) is 1. The molecule has 1 atom stereocenters. The second kappa shape index (κ2) is 7.99. The van der Waals surface area contributed by atoms with E-state index in [-0.39, 0.29) is 11.5 Å². The van der Waals surface area contributed by atoms with Gasteiger partial charge in [0, 0.05) is 11.1 Å². The Morgan fingerprint density at radius 3 is 2.00 bits per heavy atom. The fourth-order valence-electron chi connectivity index (χ4n) is 2.04. The molecule has 8 heteroatoms. The lowest BCUT2D eigenvalue weighted by molar-refractivity contribution is -0.142. The van der Waals surface area contributed by atoms with E-state index in [9.17, 15) is 27.2 Å². The summed E-state index contributed by atoms with van der Waals surface area (Å²) in [5.74, 6) is -1.47. The van der Waals surface area contributed by atoms with Crippen LogP contribution in [-0.4, -0.2) is 30.5 Å². The van der Waals surface area contributed by atoms with Gasteiger partial charge < -0.3 is 10.1 Å². The molecule has 1 N–H and O–H groups in total. The molecule has 2 aromatic carbocycles. The van der Waals surface area contributed by atoms with Gasteiger partial charge in [-0.1, -0.05) is 0 Å². The van der Waals surface area contributed by atoms with Crippen LogP contribution in [0, 0.1) is 5.82 Å². The van der Waals surface area contributed by atoms with Gasteiger partial charge in [-0.05, 0) is 55.5 Å². The third kappa shape index (κ3) is 5.58. The van der Waals surface area contributed by atoms with E-state index in [4.69, 9.17) is 4.74 Å². The molecule has 0 aliphatic carbocycles. The Kier molecular flexibility index (Phi) is 5.97. The van der Waals surface area contributed by atoms with Crippen molar-refractivity contribution in [2.24, 2.45) is 0 Å². The number of amides is 1. The highest BCUT2D eigenvalue weighted by Gasteiger charge is 2.29. The van der Waals surface area contributed by atoms with Crippen molar-refractivity contribution in [2.75, 3.05) is 6.54 Å². The van der Waals surface area contributed by atoms with Crippen LogP contribution >= 0.6 is 0 Å². The maximum absolute atomic E-state index is 12.9. The van der Waals surface area contributed by atoms with Crippen LogP contribution in [0.25, 0.3) is 0 Å². The van der Waals surface area contributed by atoms with Gasteiger partial charge in [0.2, 0.25) is 0 Å². The minimum atomic E-state index is -4.50. The molecule has 0 aliphatic heterocycles. The van der Waals surface area contributed by atoms with Crippen LogP contribution in [0.5, 0.6) is 5.75 Å². The van der Waals surface area contributed by atoms with Gasteiger partial charge in [0.1, 0.15) is 18.1 Å². The van der Waals surface area contributed by atoms with E-state index >= 15 is 0 Å². The van der Waals surface area contributed by atoms with Crippen molar-refractivity contribution in [3.63, 3.8) is 0 Å². The highest BCUT2D eigenvalue weighted by atomic mass is 19.4. The molecule has 1 unspecified atom stereocenters. The summed E-state index contributed by atoms with van der Waals surface area (Å²) in [6.45, 7) is -0.131. The van der Waals surface area contributed by atoms with Gasteiger partial charge in [-0.3, -0.25) is 9.59 Å². The van der Waals surface area contributed by atoms with E-state index in [0.29, 0.717) is 11.1 Å². The summed E-state index contributed by atoms with van der Waals surface area (Å²) < 4.78 is 54.4. The summed E-state index contributed by atoms with van der Waals surface area (Å²) in [5, 5.41) is 1.72. The fraction of sp³-hybridized carbons (Fsp3) is 0.222. The number of carbonyl (C=O) groups excluding carboxylic acids is 2. The van der Waals surface area contributed by atoms with Crippen LogP contribution in [0.1, 0.15) is 22.8 Å². The van der Waals surface area contributed by atoms with Crippen LogP contribution in [0.4, 0.5) is 17.6 Å². The van der Waals surface area contributed by atoms with Crippen molar-refractivity contribution in [3.8, 4) is 5.75 Å². The topological polar surface area (TPSA) is 55.4 Å². The molecule has 0 radical (unpaired) electrons. The molecule has 2 rings (SSSR count). The van der Waals surface area contributed by atoms with Crippen molar-refractivity contribution in [2.45, 2.75) is 19.2 Å². The molecule has 0 saturated heterocycles. The van der Waals surface area contributed by atoms with E-state index in [1.54, 1.807) is 5.32 Å². The standard InChI is InChI=1S/C18H15F4NO3/c1-11(17(25)23-10-18(20,21)22)26-15-8-4-13(5-9-15)16(24)12-2-6-14(19)7-3-12/h2-9,11H,10H2,1H3,(H,23,25). The molecule has 138 valence electrons. The molecule has 0 bridgehead atoms. The SMILES string of the molecule is CC(Oc1ccc(C(=O)c2ccc(F)cc2)cc1)C(=O)NCC(F)(F)F. The van der Waals surface area contributed by atoms with Crippen LogP contribution < -0.4 is 10.1 Å². The highest BCUT2D eigenvalue weighted by Crippen LogP contribution is 2.17. The van der Waals surface area contributed by atoms with Gasteiger partial charge >= 0.3 is 6.18 Å². The molecule has 1 amide bonds. The van der Waals surface area contributed by atoms with Crippen molar-refractivity contribution < 1.29 is 31.9 Å². The fourth-order valence-corrected chi connectivity index (χ4v) is 2.04. The number of alkyl halides is 3. The Bertz CT molecular complexity index is 771. The number of halogens is 4. The van der Waals surface area contributed by atoms with Crippen molar-refractivity contribution in [3.05, 3.63) is 65.5 Å². The normalized spacial score (nSPS) is 12.3. The number of hydrogen-bond donors (Lipinski definition) is 1. The molecule has 26 heavy (non-hydrogen) atoms. The Hall–Kier alpha value is -2.90. The number of ketones is 1. The first-order valence-corrected chi connectivity index (χ1v) is 7.57. The van der Waals surface area contributed by atoms with Gasteiger partial charge in [-0.2, -0.15) is 13.2 Å². The maximum atomic E-state index is 12.9. The number of rotatable bonds is 6. The molecule has 4 nitrogen and oxygen atoms in total. The Morgan fingerprint density at radius 1 is 1.00 bits per heavy atom. The van der Waals surface area contributed by atoms with Gasteiger partial charge in [0.25, 0.3) is 5.91 Å². The van der Waals surface area contributed by atoms with E-state index in [2.05, 4.69) is 0 Å². The number of hydrogen-bond acceptors (Lipinski definition) is 3. The van der Waals surface area contributed by atoms with E-state index in [1.807, 2.05) is 0 Å². The van der Waals surface area contributed by atoms with Crippen molar-refractivity contribution >= 4 is 11.7 Å². The zero-order valence-electron chi connectivity index (χ0n) is 13.6. The minimum Gasteiger partial charge on any atom is -0.481 e. The number of benzene rings is 2. The predicted octanol–water partition coefficient (Wildman–Crippen LogP) is 3.50. The molecule has 0 aliphatic rings. The summed E-state index contributed by atoms with van der Waals surface area (Å²) in [4.78, 5) is 23.8. The lowest BCUT2D eigenvalue weighted by atomic mass is 10.0. The van der Waals surface area contributed by atoms with Crippen molar-refractivity contribution in [1.82, 2.24) is 5.32 Å². The van der Waals surface area contributed by atoms with Gasteiger partial charge in [0.05, 0.1) is 0 Å². The summed E-state index contributed by atoms with van der Waals surface area (Å²) in [6, 6.07) is 10.8. The maximum Gasteiger partial charge on any atom is 0.405 e. The highest BCUT2D eigenvalue weighted by molar-refractivity contribution is 6.09. The van der Waals surface area contributed by atoms with Crippen LogP contribution in [0.15, 0.2) is 48.5 Å². The van der Waals surface area contributed by atoms with Gasteiger partial charge in [0.15, 0.2) is 11.9 Å². The van der Waals surface area contributed by atoms with Crippen LogP contribution in [0.2, 0.25) is 0 Å². The lowest BCUT2D eigenvalue weighted by Crippen LogP contribution is -2.41.